The van der Waals surface area contributed by atoms with Crippen LogP contribution in [0.3, 0.4) is 0 Å². The van der Waals surface area contributed by atoms with Gasteiger partial charge in [-0.3, -0.25) is 4.90 Å². The average Bonchev–Trinajstić information content (AvgIpc) is 3.69. The number of phenols is 2. The molecule has 186 valence electrons. The van der Waals surface area contributed by atoms with E-state index >= 15 is 0 Å². The van der Waals surface area contributed by atoms with Crippen LogP contribution in [0.1, 0.15) is 55.2 Å². The van der Waals surface area contributed by atoms with Crippen LogP contribution in [0.4, 0.5) is 0 Å². The van der Waals surface area contributed by atoms with Crippen LogP contribution in [-0.2, 0) is 23.2 Å². The lowest BCUT2D eigenvalue weighted by Crippen LogP contribution is -2.61. The third kappa shape index (κ3) is 4.80. The molecule has 1 saturated carbocycles. The van der Waals surface area contributed by atoms with Gasteiger partial charge in [0.1, 0.15) is 0 Å². The molecule has 1 saturated heterocycles. The maximum atomic E-state index is 10.9. The molecule has 6 rings (SSSR count). The highest BCUT2D eigenvalue weighted by atomic mass is 16.5. The van der Waals surface area contributed by atoms with Crippen molar-refractivity contribution in [1.29, 1.82) is 0 Å². The highest BCUT2D eigenvalue weighted by Crippen LogP contribution is 2.57. The van der Waals surface area contributed by atoms with Crippen molar-refractivity contribution >= 4 is 0 Å². The van der Waals surface area contributed by atoms with Crippen molar-refractivity contribution in [2.75, 3.05) is 20.2 Å². The minimum absolute atomic E-state index is 0.00263. The Morgan fingerprint density at radius 2 is 1.83 bits per heavy atom. The number of aliphatic hydroxyl groups is 1. The second-order valence-electron chi connectivity index (χ2n) is 10.7. The van der Waals surface area contributed by atoms with Crippen molar-refractivity contribution in [2.45, 2.75) is 69.1 Å². The number of hydrogen-bond donors (Lipinski definition) is 3. The second-order valence-corrected chi connectivity index (χ2v) is 10.7. The fourth-order valence-electron chi connectivity index (χ4n) is 6.61. The van der Waals surface area contributed by atoms with Gasteiger partial charge in [0.25, 0.3) is 0 Å². The number of phenolic OH excluding ortho intramolecular Hbond substituents is 2. The van der Waals surface area contributed by atoms with Gasteiger partial charge in [0, 0.05) is 43.5 Å². The minimum Gasteiger partial charge on any atom is -0.504 e. The average molecular weight is 476 g/mol. The van der Waals surface area contributed by atoms with Crippen LogP contribution in [-0.4, -0.2) is 52.6 Å². The third-order valence-corrected chi connectivity index (χ3v) is 8.58. The van der Waals surface area contributed by atoms with E-state index in [1.807, 2.05) is 36.4 Å². The van der Waals surface area contributed by atoms with Crippen molar-refractivity contribution in [1.82, 2.24) is 4.90 Å². The van der Waals surface area contributed by atoms with E-state index in [0.717, 1.165) is 55.7 Å². The molecule has 4 aliphatic rings. The van der Waals surface area contributed by atoms with E-state index in [9.17, 15) is 10.2 Å². The molecule has 1 aliphatic heterocycles. The number of ether oxygens (including phenoxy) is 1. The Labute approximate surface area is 208 Å². The Bertz CT molecular complexity index is 1090. The summed E-state index contributed by atoms with van der Waals surface area (Å²) in [4.78, 5) is 2.71. The summed E-state index contributed by atoms with van der Waals surface area (Å²) in [6.45, 7) is 2.41. The Balaban J connectivity index is 0.000000271. The Morgan fingerprint density at radius 1 is 1.06 bits per heavy atom. The summed E-state index contributed by atoms with van der Waals surface area (Å²) in [7, 11) is 1.77. The Hall–Kier alpha value is -2.52. The molecular formula is C30H37NO4. The lowest BCUT2D eigenvalue weighted by atomic mass is 9.54. The van der Waals surface area contributed by atoms with Gasteiger partial charge in [-0.05, 0) is 67.7 Å². The van der Waals surface area contributed by atoms with Crippen molar-refractivity contribution in [2.24, 2.45) is 11.8 Å². The highest BCUT2D eigenvalue weighted by Gasteiger charge is 2.55. The number of benzene rings is 2. The number of aliphatic hydroxyl groups excluding tert-OH is 1. The number of nitrogens with zero attached hydrogens (tertiary/aromatic N) is 1. The van der Waals surface area contributed by atoms with Gasteiger partial charge < -0.3 is 20.1 Å². The third-order valence-electron chi connectivity index (χ3n) is 8.58. The number of aromatic hydroxyl groups is 2. The molecule has 0 radical (unpaired) electrons. The summed E-state index contributed by atoms with van der Waals surface area (Å²) < 4.78 is 5.79. The fraction of sp³-hybridized carbons (Fsp3) is 0.533. The molecule has 0 spiro atoms. The van der Waals surface area contributed by atoms with E-state index in [0.29, 0.717) is 12.0 Å². The molecule has 4 atom stereocenters. The van der Waals surface area contributed by atoms with E-state index in [-0.39, 0.29) is 29.6 Å². The summed E-state index contributed by atoms with van der Waals surface area (Å²) in [6, 6.07) is 13.7. The molecular weight excluding hydrogens is 438 g/mol. The molecule has 4 unspecified atom stereocenters. The van der Waals surface area contributed by atoms with Gasteiger partial charge in [-0.15, -0.1) is 11.8 Å². The van der Waals surface area contributed by atoms with Crippen molar-refractivity contribution in [3.8, 4) is 23.3 Å². The summed E-state index contributed by atoms with van der Waals surface area (Å²) >= 11 is 0. The number of rotatable bonds is 4. The molecule has 1 heterocycles. The normalized spacial score (nSPS) is 29.3. The number of hydrogen-bond acceptors (Lipinski definition) is 5. The van der Waals surface area contributed by atoms with Gasteiger partial charge in [-0.25, -0.2) is 0 Å². The zero-order chi connectivity index (χ0) is 24.4. The van der Waals surface area contributed by atoms with Gasteiger partial charge in [-0.2, -0.15) is 0 Å². The quantitative estimate of drug-likeness (QED) is 0.452. The van der Waals surface area contributed by atoms with Crippen LogP contribution in [0, 0.1) is 23.7 Å². The van der Waals surface area contributed by atoms with Crippen molar-refractivity contribution in [3.05, 3.63) is 59.2 Å². The van der Waals surface area contributed by atoms with Gasteiger partial charge in [0.15, 0.2) is 11.5 Å². The predicted octanol–water partition coefficient (Wildman–Crippen LogP) is 4.37. The van der Waals surface area contributed by atoms with Gasteiger partial charge in [-0.1, -0.05) is 36.4 Å². The molecule has 35 heavy (non-hydrogen) atoms. The molecule has 3 aliphatic carbocycles. The highest BCUT2D eigenvalue weighted by molar-refractivity contribution is 5.56. The van der Waals surface area contributed by atoms with E-state index in [1.165, 1.54) is 24.9 Å². The largest absolute Gasteiger partial charge is 0.504 e. The predicted molar refractivity (Wildman–Crippen MR) is 136 cm³/mol. The first kappa shape index (κ1) is 24.2. The standard InChI is InChI=1S/C23H29NO3.C7H8O/c1-27-17-4-2-3-5-18-19-12-16-8-9-20(25)22(26)21(16)23(18,13-17)10-11-24(19)14-15-6-7-15;8-6-7-4-2-1-3-5-7/h8-9,15,17-19,25-26H,4-7,10-14H2,1H3;1-5,8H,6H2. The minimum atomic E-state index is -0.156. The molecule has 2 bridgehead atoms. The molecule has 5 nitrogen and oxygen atoms in total. The Kier molecular flexibility index (Phi) is 7.07. The first-order valence-corrected chi connectivity index (χ1v) is 13.0. The van der Waals surface area contributed by atoms with Crippen LogP contribution in [0.2, 0.25) is 0 Å². The molecule has 5 heteroatoms. The monoisotopic (exact) mass is 475 g/mol. The first-order valence-electron chi connectivity index (χ1n) is 13.0. The molecule has 0 aromatic heterocycles. The van der Waals surface area contributed by atoms with Crippen LogP contribution in [0.25, 0.3) is 0 Å². The Morgan fingerprint density at radius 3 is 2.51 bits per heavy atom. The van der Waals surface area contributed by atoms with Gasteiger partial charge in [0.05, 0.1) is 12.7 Å². The molecule has 3 N–H and O–H groups in total. The van der Waals surface area contributed by atoms with E-state index in [4.69, 9.17) is 9.84 Å². The van der Waals surface area contributed by atoms with Crippen molar-refractivity contribution in [3.63, 3.8) is 0 Å². The molecule has 2 fully saturated rings. The SMILES string of the molecule is COC1CC#CCC2C3Cc4ccc(O)c(O)c4C2(CCN3CC2CC2)C1.OCc1ccccc1. The maximum absolute atomic E-state index is 10.9. The van der Waals surface area contributed by atoms with Crippen molar-refractivity contribution < 1.29 is 20.1 Å². The summed E-state index contributed by atoms with van der Waals surface area (Å²) in [5.41, 5.74) is 3.00. The first-order chi connectivity index (χ1) is 17.1. The number of piperidine rings is 1. The number of fused-ring (bicyclic) bond motifs is 1. The second kappa shape index (κ2) is 10.2. The number of likely N-dealkylation sites (tertiary alicyclic amines) is 1. The van der Waals surface area contributed by atoms with Crippen LogP contribution >= 0.6 is 0 Å². The summed E-state index contributed by atoms with van der Waals surface area (Å²) in [6.07, 6.45) is 7.26. The van der Waals surface area contributed by atoms with E-state index in [1.54, 1.807) is 13.2 Å². The topological polar surface area (TPSA) is 73.2 Å². The molecule has 2 aromatic carbocycles. The fourth-order valence-corrected chi connectivity index (χ4v) is 6.61. The maximum Gasteiger partial charge on any atom is 0.161 e. The van der Waals surface area contributed by atoms with Crippen LogP contribution in [0.5, 0.6) is 11.5 Å². The zero-order valence-corrected chi connectivity index (χ0v) is 20.6. The zero-order valence-electron chi connectivity index (χ0n) is 20.6. The molecule has 2 aromatic rings. The van der Waals surface area contributed by atoms with Gasteiger partial charge >= 0.3 is 0 Å². The lowest BCUT2D eigenvalue weighted by molar-refractivity contribution is -0.0227. The number of methoxy groups -OCH3 is 1. The summed E-state index contributed by atoms with van der Waals surface area (Å²) in [5.74, 6) is 8.10. The van der Waals surface area contributed by atoms with Crippen LogP contribution in [0.15, 0.2) is 42.5 Å². The van der Waals surface area contributed by atoms with E-state index in [2.05, 4.69) is 16.7 Å². The smallest absolute Gasteiger partial charge is 0.161 e. The lowest BCUT2D eigenvalue weighted by Gasteiger charge is -2.57. The van der Waals surface area contributed by atoms with Crippen LogP contribution < -0.4 is 0 Å². The van der Waals surface area contributed by atoms with E-state index < -0.39 is 0 Å². The molecule has 0 amide bonds. The summed E-state index contributed by atoms with van der Waals surface area (Å²) in [5, 5.41) is 29.7. The van der Waals surface area contributed by atoms with Gasteiger partial charge in [0.2, 0.25) is 0 Å².